The van der Waals surface area contributed by atoms with Crippen LogP contribution >= 0.6 is 0 Å². The second-order valence-corrected chi connectivity index (χ2v) is 7.14. The fourth-order valence-electron chi connectivity index (χ4n) is 4.42. The smallest absolute Gasteiger partial charge is 0.223 e. The standard InChI is InChI=1S/C19H27FN2O2/c1-24-12-10-21-18(23)16-6-4-8-19(16)9-11-22(14-19)13-15-5-2-3-7-17(15)20/h2-3,5,7,16H,4,6,8-14H2,1H3,(H,21,23)/t16-,19+/m1/s1. The maximum atomic E-state index is 13.9. The zero-order valence-corrected chi connectivity index (χ0v) is 14.4. The average molecular weight is 334 g/mol. The van der Waals surface area contributed by atoms with Crippen molar-refractivity contribution in [2.75, 3.05) is 33.4 Å². The summed E-state index contributed by atoms with van der Waals surface area (Å²) in [6.07, 6.45) is 4.20. The van der Waals surface area contributed by atoms with Gasteiger partial charge in [-0.25, -0.2) is 4.39 Å². The van der Waals surface area contributed by atoms with Crippen LogP contribution in [-0.2, 0) is 16.1 Å². The molecular weight excluding hydrogens is 307 g/mol. The van der Waals surface area contributed by atoms with Crippen LogP contribution in [0, 0.1) is 17.2 Å². The van der Waals surface area contributed by atoms with E-state index in [4.69, 9.17) is 4.74 Å². The number of halogens is 1. The number of benzene rings is 1. The van der Waals surface area contributed by atoms with E-state index in [0.717, 1.165) is 44.3 Å². The van der Waals surface area contributed by atoms with E-state index in [9.17, 15) is 9.18 Å². The number of carbonyl (C=O) groups excluding carboxylic acids is 1. The number of nitrogens with one attached hydrogen (secondary N) is 1. The van der Waals surface area contributed by atoms with E-state index in [1.54, 1.807) is 13.2 Å². The molecule has 1 aromatic rings. The topological polar surface area (TPSA) is 41.6 Å². The zero-order chi connectivity index (χ0) is 17.0. The van der Waals surface area contributed by atoms with Gasteiger partial charge >= 0.3 is 0 Å². The first kappa shape index (κ1) is 17.4. The number of amides is 1. The van der Waals surface area contributed by atoms with Gasteiger partial charge in [-0.1, -0.05) is 24.6 Å². The van der Waals surface area contributed by atoms with Gasteiger partial charge in [0.05, 0.1) is 6.61 Å². The largest absolute Gasteiger partial charge is 0.383 e. The third-order valence-electron chi connectivity index (χ3n) is 5.64. The monoisotopic (exact) mass is 334 g/mol. The normalized spacial score (nSPS) is 27.0. The molecule has 1 saturated carbocycles. The highest BCUT2D eigenvalue weighted by atomic mass is 19.1. The molecule has 1 saturated heterocycles. The van der Waals surface area contributed by atoms with E-state index in [-0.39, 0.29) is 23.1 Å². The van der Waals surface area contributed by atoms with Gasteiger partial charge in [0, 0.05) is 38.2 Å². The molecule has 1 spiro atoms. The third kappa shape index (κ3) is 3.62. The summed E-state index contributed by atoms with van der Waals surface area (Å²) in [7, 11) is 1.64. The number of hydrogen-bond acceptors (Lipinski definition) is 3. The summed E-state index contributed by atoms with van der Waals surface area (Å²) in [6.45, 7) is 3.58. The van der Waals surface area contributed by atoms with Crippen molar-refractivity contribution in [2.24, 2.45) is 11.3 Å². The minimum atomic E-state index is -0.140. The lowest BCUT2D eigenvalue weighted by Crippen LogP contribution is -2.41. The van der Waals surface area contributed by atoms with Gasteiger partial charge in [0.1, 0.15) is 5.82 Å². The van der Waals surface area contributed by atoms with E-state index in [1.807, 2.05) is 12.1 Å². The molecule has 3 rings (SSSR count). The fraction of sp³-hybridized carbons (Fsp3) is 0.632. The maximum absolute atomic E-state index is 13.9. The van der Waals surface area contributed by atoms with Crippen molar-refractivity contribution in [1.29, 1.82) is 0 Å². The van der Waals surface area contributed by atoms with Crippen molar-refractivity contribution >= 4 is 5.91 Å². The zero-order valence-electron chi connectivity index (χ0n) is 14.4. The number of nitrogens with zero attached hydrogens (tertiary/aromatic N) is 1. The molecule has 2 aliphatic rings. The molecule has 0 bridgehead atoms. The second-order valence-electron chi connectivity index (χ2n) is 7.14. The van der Waals surface area contributed by atoms with Crippen LogP contribution in [0.25, 0.3) is 0 Å². The van der Waals surface area contributed by atoms with Crippen molar-refractivity contribution in [3.63, 3.8) is 0 Å². The fourth-order valence-corrected chi connectivity index (χ4v) is 4.42. The minimum Gasteiger partial charge on any atom is -0.383 e. The van der Waals surface area contributed by atoms with Crippen LogP contribution in [0.2, 0.25) is 0 Å². The molecule has 1 amide bonds. The Morgan fingerprint density at radius 1 is 1.42 bits per heavy atom. The van der Waals surface area contributed by atoms with Crippen LogP contribution in [0.3, 0.4) is 0 Å². The van der Waals surface area contributed by atoms with Crippen LogP contribution in [0.5, 0.6) is 0 Å². The number of likely N-dealkylation sites (tertiary alicyclic amines) is 1. The lowest BCUT2D eigenvalue weighted by atomic mass is 9.76. The van der Waals surface area contributed by atoms with Crippen LogP contribution in [0.4, 0.5) is 4.39 Å². The van der Waals surface area contributed by atoms with Crippen LogP contribution in [0.1, 0.15) is 31.2 Å². The number of methoxy groups -OCH3 is 1. The summed E-state index contributed by atoms with van der Waals surface area (Å²) in [4.78, 5) is 14.9. The highest BCUT2D eigenvalue weighted by Crippen LogP contribution is 2.50. The van der Waals surface area contributed by atoms with Crippen molar-refractivity contribution in [1.82, 2.24) is 10.2 Å². The van der Waals surface area contributed by atoms with Gasteiger partial charge < -0.3 is 10.1 Å². The van der Waals surface area contributed by atoms with Crippen molar-refractivity contribution in [3.05, 3.63) is 35.6 Å². The molecule has 0 aromatic heterocycles. The Bertz CT molecular complexity index is 580. The molecular formula is C19H27FN2O2. The Balaban J connectivity index is 1.62. The van der Waals surface area contributed by atoms with Crippen LogP contribution in [0.15, 0.2) is 24.3 Å². The van der Waals surface area contributed by atoms with E-state index < -0.39 is 0 Å². The molecule has 2 atom stereocenters. The van der Waals surface area contributed by atoms with Gasteiger partial charge in [0.15, 0.2) is 0 Å². The molecule has 0 radical (unpaired) electrons. The summed E-state index contributed by atoms with van der Waals surface area (Å²) in [5, 5.41) is 3.01. The van der Waals surface area contributed by atoms with Gasteiger partial charge in [-0.3, -0.25) is 9.69 Å². The molecule has 1 aliphatic heterocycles. The number of rotatable bonds is 6. The minimum absolute atomic E-state index is 0.0718. The Kier molecular flexibility index (Phi) is 5.51. The quantitative estimate of drug-likeness (QED) is 0.813. The van der Waals surface area contributed by atoms with Gasteiger partial charge in [0.2, 0.25) is 5.91 Å². The summed E-state index contributed by atoms with van der Waals surface area (Å²) < 4.78 is 18.9. The molecule has 132 valence electrons. The third-order valence-corrected chi connectivity index (χ3v) is 5.64. The van der Waals surface area contributed by atoms with Crippen LogP contribution < -0.4 is 5.32 Å². The predicted octanol–water partition coefficient (Wildman–Crippen LogP) is 2.58. The second kappa shape index (κ2) is 7.62. The number of ether oxygens (including phenoxy) is 1. The van der Waals surface area contributed by atoms with E-state index in [2.05, 4.69) is 10.2 Å². The van der Waals surface area contributed by atoms with Gasteiger partial charge in [-0.15, -0.1) is 0 Å². The summed E-state index contributed by atoms with van der Waals surface area (Å²) in [6, 6.07) is 6.97. The van der Waals surface area contributed by atoms with E-state index >= 15 is 0 Å². The molecule has 1 heterocycles. The molecule has 0 unspecified atom stereocenters. The molecule has 1 aliphatic carbocycles. The van der Waals surface area contributed by atoms with Gasteiger partial charge in [0.25, 0.3) is 0 Å². The summed E-state index contributed by atoms with van der Waals surface area (Å²) in [5.41, 5.74) is 0.816. The Morgan fingerprint density at radius 3 is 3.04 bits per heavy atom. The highest BCUT2D eigenvalue weighted by Gasteiger charge is 2.50. The molecule has 1 N–H and O–H groups in total. The first-order chi connectivity index (χ1) is 11.6. The first-order valence-electron chi connectivity index (χ1n) is 8.87. The van der Waals surface area contributed by atoms with E-state index in [0.29, 0.717) is 19.7 Å². The first-order valence-corrected chi connectivity index (χ1v) is 8.87. The van der Waals surface area contributed by atoms with Crippen molar-refractivity contribution in [2.45, 2.75) is 32.2 Å². The lowest BCUT2D eigenvalue weighted by Gasteiger charge is -2.30. The Morgan fingerprint density at radius 2 is 2.25 bits per heavy atom. The van der Waals surface area contributed by atoms with Gasteiger partial charge in [-0.05, 0) is 37.3 Å². The summed E-state index contributed by atoms with van der Waals surface area (Å²) >= 11 is 0. The number of hydrogen-bond donors (Lipinski definition) is 1. The SMILES string of the molecule is COCCNC(=O)[C@H]1CCC[C@@]12CCN(Cc1ccccc1F)C2. The predicted molar refractivity (Wildman–Crippen MR) is 91.0 cm³/mol. The summed E-state index contributed by atoms with van der Waals surface area (Å²) in [5.74, 6) is 0.107. The average Bonchev–Trinajstić information content (AvgIpc) is 3.17. The van der Waals surface area contributed by atoms with E-state index in [1.165, 1.54) is 6.07 Å². The lowest BCUT2D eigenvalue weighted by molar-refractivity contribution is -0.128. The van der Waals surface area contributed by atoms with Gasteiger partial charge in [-0.2, -0.15) is 0 Å². The molecule has 24 heavy (non-hydrogen) atoms. The Labute approximate surface area is 143 Å². The molecule has 1 aromatic carbocycles. The number of carbonyl (C=O) groups is 1. The van der Waals surface area contributed by atoms with Crippen LogP contribution in [-0.4, -0.2) is 44.2 Å². The van der Waals surface area contributed by atoms with Crippen molar-refractivity contribution < 1.29 is 13.9 Å². The Hall–Kier alpha value is -1.46. The van der Waals surface area contributed by atoms with Crippen molar-refractivity contribution in [3.8, 4) is 0 Å². The molecule has 4 nitrogen and oxygen atoms in total. The molecule has 5 heteroatoms. The molecule has 2 fully saturated rings. The maximum Gasteiger partial charge on any atom is 0.223 e. The highest BCUT2D eigenvalue weighted by molar-refractivity contribution is 5.80.